The van der Waals surface area contributed by atoms with E-state index in [9.17, 15) is 14.4 Å². The molecule has 0 aliphatic carbocycles. The summed E-state index contributed by atoms with van der Waals surface area (Å²) in [5.41, 5.74) is 2.50. The first-order valence-electron chi connectivity index (χ1n) is 8.23. The molecule has 2 rings (SSSR count). The van der Waals surface area contributed by atoms with Crippen molar-refractivity contribution in [2.24, 2.45) is 0 Å². The van der Waals surface area contributed by atoms with Gasteiger partial charge in [-0.3, -0.25) is 14.4 Å². The highest BCUT2D eigenvalue weighted by Crippen LogP contribution is 2.19. The van der Waals surface area contributed by atoms with Crippen LogP contribution in [0.4, 0.5) is 0 Å². The smallest absolute Gasteiger partial charge is 0.326 e. The summed E-state index contributed by atoms with van der Waals surface area (Å²) in [6, 6.07) is 16.9. The minimum atomic E-state index is -0.889. The van der Waals surface area contributed by atoms with Gasteiger partial charge in [-0.05, 0) is 30.2 Å². The van der Waals surface area contributed by atoms with Crippen LogP contribution in [0.5, 0.6) is 0 Å². The fourth-order valence-electron chi connectivity index (χ4n) is 2.35. The molecule has 0 fully saturated rings. The van der Waals surface area contributed by atoms with Crippen LogP contribution < -0.4 is 5.32 Å². The SMILES string of the molecule is C[C@@H](OC(=O)CNC(=O)c1ccc(-c2ccccc2)cc1)C(=O)N(C)C. The van der Waals surface area contributed by atoms with Crippen molar-refractivity contribution in [3.05, 3.63) is 60.2 Å². The zero-order chi connectivity index (χ0) is 19.1. The number of ether oxygens (including phenoxy) is 1. The van der Waals surface area contributed by atoms with Gasteiger partial charge in [0.15, 0.2) is 6.10 Å². The molecule has 6 nitrogen and oxygen atoms in total. The van der Waals surface area contributed by atoms with Gasteiger partial charge in [-0.2, -0.15) is 0 Å². The normalized spacial score (nSPS) is 11.3. The van der Waals surface area contributed by atoms with Gasteiger partial charge >= 0.3 is 5.97 Å². The second kappa shape index (κ2) is 8.80. The number of nitrogens with zero attached hydrogens (tertiary/aromatic N) is 1. The van der Waals surface area contributed by atoms with Crippen molar-refractivity contribution in [3.8, 4) is 11.1 Å². The van der Waals surface area contributed by atoms with Crippen LogP contribution in [0, 0.1) is 0 Å². The van der Waals surface area contributed by atoms with Crippen LogP contribution in [0.2, 0.25) is 0 Å². The molecule has 136 valence electrons. The van der Waals surface area contributed by atoms with Crippen LogP contribution in [-0.4, -0.2) is 49.4 Å². The average molecular weight is 354 g/mol. The lowest BCUT2D eigenvalue weighted by atomic mass is 10.0. The number of carbonyl (C=O) groups excluding carboxylic acids is 3. The first-order valence-corrected chi connectivity index (χ1v) is 8.23. The summed E-state index contributed by atoms with van der Waals surface area (Å²) in [6.45, 7) is 1.19. The molecule has 0 unspecified atom stereocenters. The first kappa shape index (κ1) is 19.2. The number of hydrogen-bond acceptors (Lipinski definition) is 4. The lowest BCUT2D eigenvalue weighted by Gasteiger charge is -2.17. The molecule has 0 radical (unpaired) electrons. The van der Waals surface area contributed by atoms with E-state index in [1.165, 1.54) is 11.8 Å². The Morgan fingerprint density at radius 3 is 2.12 bits per heavy atom. The van der Waals surface area contributed by atoms with E-state index < -0.39 is 12.1 Å². The van der Waals surface area contributed by atoms with Crippen molar-refractivity contribution in [1.82, 2.24) is 10.2 Å². The second-order valence-corrected chi connectivity index (χ2v) is 5.99. The minimum absolute atomic E-state index is 0.301. The van der Waals surface area contributed by atoms with Gasteiger partial charge in [-0.25, -0.2) is 0 Å². The summed E-state index contributed by atoms with van der Waals surface area (Å²) in [4.78, 5) is 36.9. The molecule has 0 saturated carbocycles. The van der Waals surface area contributed by atoms with E-state index in [1.807, 2.05) is 42.5 Å². The van der Waals surface area contributed by atoms with Gasteiger partial charge in [0.2, 0.25) is 0 Å². The lowest BCUT2D eigenvalue weighted by Crippen LogP contribution is -2.38. The molecule has 6 heteroatoms. The molecule has 0 aromatic heterocycles. The van der Waals surface area contributed by atoms with Gasteiger partial charge in [-0.15, -0.1) is 0 Å². The summed E-state index contributed by atoms with van der Waals surface area (Å²) in [5.74, 6) is -1.36. The zero-order valence-corrected chi connectivity index (χ0v) is 15.1. The molecule has 1 atom stereocenters. The maximum absolute atomic E-state index is 12.1. The predicted octanol–water partition coefficient (Wildman–Crippen LogP) is 2.10. The van der Waals surface area contributed by atoms with Gasteiger partial charge < -0.3 is 15.0 Å². The van der Waals surface area contributed by atoms with Gasteiger partial charge in [0.05, 0.1) is 0 Å². The third-order valence-corrected chi connectivity index (χ3v) is 3.74. The molecule has 0 aliphatic heterocycles. The molecule has 26 heavy (non-hydrogen) atoms. The molecule has 0 aliphatic rings. The van der Waals surface area contributed by atoms with Gasteiger partial charge in [0.25, 0.3) is 11.8 Å². The molecule has 2 aromatic carbocycles. The fourth-order valence-corrected chi connectivity index (χ4v) is 2.35. The molecular weight excluding hydrogens is 332 g/mol. The predicted molar refractivity (Wildman–Crippen MR) is 98.5 cm³/mol. The molecule has 0 saturated heterocycles. The van der Waals surface area contributed by atoms with E-state index in [2.05, 4.69) is 5.32 Å². The quantitative estimate of drug-likeness (QED) is 0.806. The van der Waals surface area contributed by atoms with Crippen molar-refractivity contribution in [2.45, 2.75) is 13.0 Å². The summed E-state index contributed by atoms with van der Waals surface area (Å²) in [5, 5.41) is 2.49. The number of likely N-dealkylation sites (N-methyl/N-ethyl adjacent to an activating group) is 1. The number of benzene rings is 2. The highest BCUT2D eigenvalue weighted by Gasteiger charge is 2.19. The Bertz CT molecular complexity index is 770. The van der Waals surface area contributed by atoms with Crippen LogP contribution in [-0.2, 0) is 14.3 Å². The molecule has 2 amide bonds. The third-order valence-electron chi connectivity index (χ3n) is 3.74. The third kappa shape index (κ3) is 5.17. The van der Waals surface area contributed by atoms with Crippen molar-refractivity contribution in [3.63, 3.8) is 0 Å². The number of nitrogens with one attached hydrogen (secondary N) is 1. The Balaban J connectivity index is 1.88. The van der Waals surface area contributed by atoms with E-state index in [-0.39, 0.29) is 18.4 Å². The van der Waals surface area contributed by atoms with Crippen LogP contribution >= 0.6 is 0 Å². The van der Waals surface area contributed by atoms with E-state index in [4.69, 9.17) is 4.74 Å². The highest BCUT2D eigenvalue weighted by molar-refractivity contribution is 5.96. The topological polar surface area (TPSA) is 75.7 Å². The van der Waals surface area contributed by atoms with Gasteiger partial charge in [0.1, 0.15) is 6.54 Å². The molecule has 0 bridgehead atoms. The minimum Gasteiger partial charge on any atom is -0.451 e. The lowest BCUT2D eigenvalue weighted by molar-refractivity contribution is -0.157. The largest absolute Gasteiger partial charge is 0.451 e. The van der Waals surface area contributed by atoms with Crippen molar-refractivity contribution < 1.29 is 19.1 Å². The highest BCUT2D eigenvalue weighted by atomic mass is 16.5. The number of esters is 1. The van der Waals surface area contributed by atoms with Crippen molar-refractivity contribution in [1.29, 1.82) is 0 Å². The second-order valence-electron chi connectivity index (χ2n) is 5.99. The summed E-state index contributed by atoms with van der Waals surface area (Å²) < 4.78 is 4.99. The van der Waals surface area contributed by atoms with Crippen LogP contribution in [0.1, 0.15) is 17.3 Å². The maximum atomic E-state index is 12.1. The monoisotopic (exact) mass is 354 g/mol. The molecule has 2 aromatic rings. The Labute approximate surface area is 152 Å². The Morgan fingerprint density at radius 1 is 0.962 bits per heavy atom. The van der Waals surface area contributed by atoms with Crippen molar-refractivity contribution >= 4 is 17.8 Å². The number of hydrogen-bond donors (Lipinski definition) is 1. The average Bonchev–Trinajstić information content (AvgIpc) is 2.66. The standard InChI is InChI=1S/C20H22N2O4/c1-14(20(25)22(2)3)26-18(23)13-21-19(24)17-11-9-16(10-12-17)15-7-5-4-6-8-15/h4-12,14H,13H2,1-3H3,(H,21,24)/t14-/m1/s1. The summed E-state index contributed by atoms with van der Waals surface area (Å²) in [6.07, 6.45) is -0.889. The van der Waals surface area contributed by atoms with E-state index in [1.54, 1.807) is 26.2 Å². The van der Waals surface area contributed by atoms with Gasteiger partial charge in [-0.1, -0.05) is 42.5 Å². The molecule has 1 N–H and O–H groups in total. The maximum Gasteiger partial charge on any atom is 0.326 e. The first-order chi connectivity index (χ1) is 12.4. The van der Waals surface area contributed by atoms with Crippen molar-refractivity contribution in [2.75, 3.05) is 20.6 Å². The van der Waals surface area contributed by atoms with E-state index in [0.717, 1.165) is 11.1 Å². The molecule has 0 spiro atoms. The molecule has 0 heterocycles. The number of carbonyl (C=O) groups is 3. The van der Waals surface area contributed by atoms with Crippen LogP contribution in [0.25, 0.3) is 11.1 Å². The summed E-state index contributed by atoms with van der Waals surface area (Å²) in [7, 11) is 3.15. The Morgan fingerprint density at radius 2 is 1.54 bits per heavy atom. The summed E-state index contributed by atoms with van der Waals surface area (Å²) >= 11 is 0. The van der Waals surface area contributed by atoms with E-state index in [0.29, 0.717) is 5.56 Å². The Kier molecular flexibility index (Phi) is 6.49. The van der Waals surface area contributed by atoms with Gasteiger partial charge in [0, 0.05) is 19.7 Å². The zero-order valence-electron chi connectivity index (χ0n) is 15.1. The van der Waals surface area contributed by atoms with Crippen LogP contribution in [0.3, 0.4) is 0 Å². The van der Waals surface area contributed by atoms with E-state index >= 15 is 0 Å². The number of rotatable bonds is 6. The van der Waals surface area contributed by atoms with Crippen LogP contribution in [0.15, 0.2) is 54.6 Å². The number of amides is 2. The Hall–Kier alpha value is -3.15. The molecular formula is C20H22N2O4. The fraction of sp³-hybridized carbons (Fsp3) is 0.250.